The third-order valence-electron chi connectivity index (χ3n) is 5.68. The number of piperidine rings is 1. The summed E-state index contributed by atoms with van der Waals surface area (Å²) in [6.45, 7) is 1.31. The summed E-state index contributed by atoms with van der Waals surface area (Å²) in [5.74, 6) is 0.326. The van der Waals surface area contributed by atoms with Crippen LogP contribution in [0.4, 0.5) is 0 Å². The second-order valence-electron chi connectivity index (χ2n) is 7.44. The fourth-order valence-corrected chi connectivity index (χ4v) is 4.47. The summed E-state index contributed by atoms with van der Waals surface area (Å²) in [6, 6.07) is 7.66. The maximum atomic E-state index is 13.1. The van der Waals surface area contributed by atoms with Crippen molar-refractivity contribution in [2.24, 2.45) is 0 Å². The van der Waals surface area contributed by atoms with Crippen molar-refractivity contribution in [2.75, 3.05) is 19.7 Å². The average molecular weight is 371 g/mol. The fourth-order valence-electron chi connectivity index (χ4n) is 4.47. The number of hydrogen-bond donors (Lipinski definition) is 4. The van der Waals surface area contributed by atoms with Crippen molar-refractivity contribution in [3.63, 3.8) is 0 Å². The van der Waals surface area contributed by atoms with Crippen molar-refractivity contribution < 1.29 is 14.7 Å². The van der Waals surface area contributed by atoms with Crippen LogP contribution < -0.4 is 10.6 Å². The Balaban J connectivity index is 1.45. The van der Waals surface area contributed by atoms with Crippen LogP contribution in [0.1, 0.15) is 31.5 Å². The summed E-state index contributed by atoms with van der Waals surface area (Å²) in [5.41, 5.74) is 1.25. The van der Waals surface area contributed by atoms with Crippen LogP contribution in [0, 0.1) is 0 Å². The summed E-state index contributed by atoms with van der Waals surface area (Å²) in [5, 5.41) is 14.9. The summed E-state index contributed by atoms with van der Waals surface area (Å²) >= 11 is 0. The number of aliphatic hydroxyl groups is 1. The highest BCUT2D eigenvalue weighted by Gasteiger charge is 2.52. The van der Waals surface area contributed by atoms with Gasteiger partial charge in [0.05, 0.1) is 17.6 Å². The Morgan fingerprint density at radius 1 is 1.33 bits per heavy atom. The Labute approximate surface area is 157 Å². The molecule has 0 bridgehead atoms. The lowest BCUT2D eigenvalue weighted by Crippen LogP contribution is -2.57. The number of imidazole rings is 1. The van der Waals surface area contributed by atoms with Crippen molar-refractivity contribution in [3.05, 3.63) is 30.1 Å². The number of aromatic nitrogens is 2. The molecule has 0 aliphatic carbocycles. The highest BCUT2D eigenvalue weighted by atomic mass is 16.3. The van der Waals surface area contributed by atoms with E-state index in [1.54, 1.807) is 0 Å². The number of nitrogens with zero attached hydrogens (tertiary/aromatic N) is 2. The van der Waals surface area contributed by atoms with Crippen LogP contribution in [-0.4, -0.2) is 63.1 Å². The van der Waals surface area contributed by atoms with Gasteiger partial charge < -0.3 is 20.7 Å². The fraction of sp³-hybridized carbons (Fsp3) is 0.526. The zero-order chi connectivity index (χ0) is 18.9. The number of fused-ring (bicyclic) bond motifs is 2. The number of amides is 2. The molecule has 2 fully saturated rings. The van der Waals surface area contributed by atoms with E-state index < -0.39 is 18.1 Å². The minimum Gasteiger partial charge on any atom is -0.387 e. The summed E-state index contributed by atoms with van der Waals surface area (Å²) in [6.07, 6.45) is 3.41. The molecule has 0 radical (unpaired) electrons. The van der Waals surface area contributed by atoms with Gasteiger partial charge in [-0.2, -0.15) is 0 Å². The molecule has 2 aliphatic rings. The number of para-hydroxylation sites is 2. The second kappa shape index (κ2) is 7.28. The van der Waals surface area contributed by atoms with E-state index in [9.17, 15) is 9.59 Å². The number of hydrogen-bond acceptors (Lipinski definition) is 5. The van der Waals surface area contributed by atoms with Crippen LogP contribution in [0.25, 0.3) is 11.0 Å². The Morgan fingerprint density at radius 3 is 3.00 bits per heavy atom. The first-order valence-corrected chi connectivity index (χ1v) is 9.48. The molecule has 2 amide bonds. The molecule has 1 aromatic carbocycles. The lowest BCUT2D eigenvalue weighted by atomic mass is 9.84. The average Bonchev–Trinajstić information content (AvgIpc) is 3.26. The molecule has 2 atom stereocenters. The molecule has 4 N–H and O–H groups in total. The molecular formula is C19H25N5O3. The zero-order valence-corrected chi connectivity index (χ0v) is 15.2. The van der Waals surface area contributed by atoms with Crippen LogP contribution in [0.2, 0.25) is 0 Å². The maximum Gasteiger partial charge on any atom is 0.245 e. The van der Waals surface area contributed by atoms with Gasteiger partial charge in [0.15, 0.2) is 0 Å². The summed E-state index contributed by atoms with van der Waals surface area (Å²) in [7, 11) is 0. The van der Waals surface area contributed by atoms with Crippen molar-refractivity contribution in [1.82, 2.24) is 25.5 Å². The smallest absolute Gasteiger partial charge is 0.245 e. The molecule has 0 unspecified atom stereocenters. The Kier molecular flexibility index (Phi) is 4.84. The number of aromatic amines is 1. The quantitative estimate of drug-likeness (QED) is 0.604. The lowest BCUT2D eigenvalue weighted by molar-refractivity contribution is -0.134. The van der Waals surface area contributed by atoms with Crippen LogP contribution in [0.15, 0.2) is 24.3 Å². The molecule has 0 saturated carbocycles. The molecule has 2 aromatic rings. The van der Waals surface area contributed by atoms with Crippen molar-refractivity contribution in [2.45, 2.75) is 43.8 Å². The predicted octanol–water partition coefficient (Wildman–Crippen LogP) is 0.285. The van der Waals surface area contributed by atoms with Crippen molar-refractivity contribution >= 4 is 22.8 Å². The summed E-state index contributed by atoms with van der Waals surface area (Å²) < 4.78 is 0. The number of carbonyl (C=O) groups excluding carboxylic acids is 2. The van der Waals surface area contributed by atoms with Crippen molar-refractivity contribution in [3.8, 4) is 0 Å². The number of nitrogens with one attached hydrogen (secondary N) is 3. The number of aliphatic hydroxyl groups excluding tert-OH is 1. The van der Waals surface area contributed by atoms with E-state index in [-0.39, 0.29) is 11.9 Å². The maximum absolute atomic E-state index is 13.1. The van der Waals surface area contributed by atoms with E-state index in [0.29, 0.717) is 19.5 Å². The van der Waals surface area contributed by atoms with Gasteiger partial charge in [-0.25, -0.2) is 4.98 Å². The monoisotopic (exact) mass is 371 g/mol. The standard InChI is InChI=1S/C19H25N5O3/c25-12-17(26)21-13-9-19(7-3-4-8-24(19)11-13)18(27)20-10-16-22-14-5-1-2-6-15(14)23-16/h1-2,5-6,13,25H,3-4,7-12H2,(H,20,27)(H,21,26)(H,22,23)/t13-,19-/m0/s1. The van der Waals surface area contributed by atoms with Gasteiger partial charge in [0.1, 0.15) is 18.0 Å². The lowest BCUT2D eigenvalue weighted by Gasteiger charge is -2.40. The highest BCUT2D eigenvalue weighted by Crippen LogP contribution is 2.38. The van der Waals surface area contributed by atoms with Gasteiger partial charge >= 0.3 is 0 Å². The second-order valence-corrected chi connectivity index (χ2v) is 7.44. The molecule has 3 heterocycles. The zero-order valence-electron chi connectivity index (χ0n) is 15.2. The van der Waals surface area contributed by atoms with Crippen LogP contribution in [0.3, 0.4) is 0 Å². The van der Waals surface area contributed by atoms with Gasteiger partial charge in [-0.05, 0) is 44.4 Å². The Morgan fingerprint density at radius 2 is 2.19 bits per heavy atom. The van der Waals surface area contributed by atoms with Gasteiger partial charge in [0, 0.05) is 12.6 Å². The molecular weight excluding hydrogens is 346 g/mol. The molecule has 144 valence electrons. The van der Waals surface area contributed by atoms with E-state index in [0.717, 1.165) is 42.7 Å². The van der Waals surface area contributed by atoms with E-state index in [2.05, 4.69) is 25.5 Å². The molecule has 4 rings (SSSR count). The summed E-state index contributed by atoms with van der Waals surface area (Å²) in [4.78, 5) is 34.6. The molecule has 0 spiro atoms. The molecule has 1 aromatic heterocycles. The Hall–Kier alpha value is -2.45. The van der Waals surface area contributed by atoms with Crippen LogP contribution >= 0.6 is 0 Å². The van der Waals surface area contributed by atoms with Crippen LogP contribution in [-0.2, 0) is 16.1 Å². The minimum atomic E-state index is -0.586. The van der Waals surface area contributed by atoms with E-state index >= 15 is 0 Å². The van der Waals surface area contributed by atoms with E-state index in [1.165, 1.54) is 0 Å². The first-order chi connectivity index (χ1) is 13.1. The van der Waals surface area contributed by atoms with Gasteiger partial charge in [-0.15, -0.1) is 0 Å². The van der Waals surface area contributed by atoms with E-state index in [4.69, 9.17) is 5.11 Å². The van der Waals surface area contributed by atoms with Gasteiger partial charge in [0.2, 0.25) is 11.8 Å². The molecule has 8 nitrogen and oxygen atoms in total. The third-order valence-corrected chi connectivity index (χ3v) is 5.68. The number of rotatable bonds is 5. The molecule has 2 saturated heterocycles. The highest BCUT2D eigenvalue weighted by molar-refractivity contribution is 5.87. The van der Waals surface area contributed by atoms with Crippen LogP contribution in [0.5, 0.6) is 0 Å². The van der Waals surface area contributed by atoms with Crippen molar-refractivity contribution in [1.29, 1.82) is 0 Å². The van der Waals surface area contributed by atoms with Gasteiger partial charge in [-0.3, -0.25) is 14.5 Å². The number of benzene rings is 1. The van der Waals surface area contributed by atoms with Gasteiger partial charge in [0.25, 0.3) is 0 Å². The normalized spacial score (nSPS) is 25.3. The topological polar surface area (TPSA) is 110 Å². The SMILES string of the molecule is O=C(CO)N[C@@H]1CN2CCCC[C@@]2(C(=O)NCc2nc3ccccc3[nH]2)C1. The first-order valence-electron chi connectivity index (χ1n) is 9.48. The molecule has 2 aliphatic heterocycles. The molecule has 8 heteroatoms. The number of H-pyrrole nitrogens is 1. The van der Waals surface area contributed by atoms with Gasteiger partial charge in [-0.1, -0.05) is 12.1 Å². The number of carbonyl (C=O) groups is 2. The van der Waals surface area contributed by atoms with E-state index in [1.807, 2.05) is 24.3 Å². The molecule has 27 heavy (non-hydrogen) atoms. The predicted molar refractivity (Wildman–Crippen MR) is 99.7 cm³/mol. The first kappa shape index (κ1) is 17.9. The Bertz CT molecular complexity index is 818. The largest absolute Gasteiger partial charge is 0.387 e. The third kappa shape index (κ3) is 3.42. The minimum absolute atomic E-state index is 0.0107.